The zero-order valence-electron chi connectivity index (χ0n) is 34.7. The third-order valence-corrected chi connectivity index (χ3v) is 11.4. The number of aryl methyl sites for hydroxylation is 1. The van der Waals surface area contributed by atoms with Gasteiger partial charge in [0.05, 0.1) is 38.3 Å². The molecule has 0 bridgehead atoms. The number of carbonyl (C=O) groups excluding carboxylic acids is 3. The average Bonchev–Trinajstić information content (AvgIpc) is 3.62. The summed E-state index contributed by atoms with van der Waals surface area (Å²) in [5, 5.41) is 22.8. The number of carboxylic acids is 2. The van der Waals surface area contributed by atoms with E-state index in [0.717, 1.165) is 74.1 Å². The van der Waals surface area contributed by atoms with Crippen LogP contribution in [-0.2, 0) is 46.5 Å². The zero-order valence-corrected chi connectivity index (χ0v) is 35.6. The number of amides is 2. The molecule has 1 aliphatic rings. The molecular formula is C41H61N9O9S. The Kier molecular flexibility index (Phi) is 20.0. The Morgan fingerprint density at radius 1 is 0.917 bits per heavy atom. The first-order valence-corrected chi connectivity index (χ1v) is 21.6. The number of carbonyl (C=O) groups is 5. The molecule has 1 fully saturated rings. The SMILES string of the molecule is CCCCCNc1nc(N)nc2ccn(Cc3ccc(CN4CCN(C(=O)CCOCCOCCCC(=O)CNC(=O)C[C@@H](SC[C@H](N)C(=O)O)C(=O)O)CC4)cc3C)c12. The van der Waals surface area contributed by atoms with Crippen LogP contribution in [0.4, 0.5) is 11.8 Å². The van der Waals surface area contributed by atoms with Gasteiger partial charge in [0.15, 0.2) is 11.6 Å². The Hall–Kier alpha value is -4.82. The lowest BCUT2D eigenvalue weighted by Crippen LogP contribution is -2.48. The molecule has 60 heavy (non-hydrogen) atoms. The zero-order chi connectivity index (χ0) is 43.4. The van der Waals surface area contributed by atoms with Gasteiger partial charge in [0, 0.05) is 77.2 Å². The minimum Gasteiger partial charge on any atom is -0.480 e. The summed E-state index contributed by atoms with van der Waals surface area (Å²) >= 11 is 0.762. The number of aromatic nitrogens is 3. The van der Waals surface area contributed by atoms with Crippen LogP contribution in [0.5, 0.6) is 0 Å². The average molecular weight is 856 g/mol. The minimum absolute atomic E-state index is 0.0610. The van der Waals surface area contributed by atoms with Gasteiger partial charge in [-0.05, 0) is 42.5 Å². The molecule has 19 heteroatoms. The highest BCUT2D eigenvalue weighted by molar-refractivity contribution is 8.00. The fourth-order valence-electron chi connectivity index (χ4n) is 6.64. The van der Waals surface area contributed by atoms with E-state index in [1.54, 1.807) is 0 Å². The van der Waals surface area contributed by atoms with Gasteiger partial charge in [0.2, 0.25) is 17.8 Å². The van der Waals surface area contributed by atoms with Crippen molar-refractivity contribution in [2.24, 2.45) is 5.73 Å². The van der Waals surface area contributed by atoms with Gasteiger partial charge in [-0.15, -0.1) is 11.8 Å². The molecule has 1 aliphatic heterocycles. The third kappa shape index (κ3) is 16.0. The lowest BCUT2D eigenvalue weighted by atomic mass is 10.0. The van der Waals surface area contributed by atoms with E-state index < -0.39 is 35.6 Å². The van der Waals surface area contributed by atoms with Crippen molar-refractivity contribution in [3.63, 3.8) is 0 Å². The van der Waals surface area contributed by atoms with Crippen molar-refractivity contribution in [1.29, 1.82) is 0 Å². The second kappa shape index (κ2) is 25.1. The maximum absolute atomic E-state index is 12.8. The number of thioether (sulfide) groups is 1. The first kappa shape index (κ1) is 47.9. The number of ether oxygens (including phenoxy) is 2. The van der Waals surface area contributed by atoms with Crippen molar-refractivity contribution in [1.82, 2.24) is 29.7 Å². The molecule has 2 atom stereocenters. The van der Waals surface area contributed by atoms with E-state index >= 15 is 0 Å². The van der Waals surface area contributed by atoms with Crippen LogP contribution in [0.15, 0.2) is 30.5 Å². The minimum atomic E-state index is -1.27. The number of nitrogens with two attached hydrogens (primary N) is 2. The number of unbranched alkanes of at least 4 members (excludes halogenated alkanes) is 2. The topological polar surface area (TPSA) is 258 Å². The summed E-state index contributed by atoms with van der Waals surface area (Å²) in [6, 6.07) is 7.36. The second-order valence-electron chi connectivity index (χ2n) is 14.9. The molecule has 8 N–H and O–H groups in total. The van der Waals surface area contributed by atoms with Crippen LogP contribution in [-0.4, -0.2) is 147 Å². The van der Waals surface area contributed by atoms with E-state index in [0.29, 0.717) is 45.9 Å². The Morgan fingerprint density at radius 2 is 1.67 bits per heavy atom. The molecule has 1 aromatic carbocycles. The number of rotatable bonds is 28. The fourth-order valence-corrected chi connectivity index (χ4v) is 7.63. The van der Waals surface area contributed by atoms with E-state index in [9.17, 15) is 29.1 Å². The summed E-state index contributed by atoms with van der Waals surface area (Å²) < 4.78 is 13.3. The number of hydrogen-bond donors (Lipinski definition) is 6. The molecule has 0 aliphatic carbocycles. The Bertz CT molecular complexity index is 1890. The van der Waals surface area contributed by atoms with E-state index in [4.69, 9.17) is 26.0 Å². The molecule has 18 nitrogen and oxygen atoms in total. The van der Waals surface area contributed by atoms with Crippen LogP contribution in [0.25, 0.3) is 11.0 Å². The Morgan fingerprint density at radius 3 is 2.37 bits per heavy atom. The van der Waals surface area contributed by atoms with Crippen molar-refractivity contribution >= 4 is 64.1 Å². The summed E-state index contributed by atoms with van der Waals surface area (Å²) in [4.78, 5) is 72.5. The van der Waals surface area contributed by atoms with Crippen LogP contribution >= 0.6 is 11.8 Å². The highest BCUT2D eigenvalue weighted by Crippen LogP contribution is 2.25. The quantitative estimate of drug-likeness (QED) is 0.0574. The largest absolute Gasteiger partial charge is 0.480 e. The lowest BCUT2D eigenvalue weighted by Gasteiger charge is -2.35. The Balaban J connectivity index is 1.05. The number of hydrogen-bond acceptors (Lipinski definition) is 14. The molecular weight excluding hydrogens is 795 g/mol. The Labute approximate surface area is 355 Å². The molecule has 3 aromatic rings. The van der Waals surface area contributed by atoms with Crippen LogP contribution in [0, 0.1) is 6.92 Å². The first-order valence-electron chi connectivity index (χ1n) is 20.6. The van der Waals surface area contributed by atoms with Crippen molar-refractivity contribution < 1.29 is 43.7 Å². The number of fused-ring (bicyclic) bond motifs is 1. The normalized spacial score (nSPS) is 14.2. The summed E-state index contributed by atoms with van der Waals surface area (Å²) in [5.74, 6) is -2.47. The molecule has 2 aromatic heterocycles. The van der Waals surface area contributed by atoms with Gasteiger partial charge >= 0.3 is 11.9 Å². The number of aliphatic carboxylic acids is 2. The number of nitrogens with one attached hydrogen (secondary N) is 2. The summed E-state index contributed by atoms with van der Waals surface area (Å²) in [6.45, 7) is 10.5. The lowest BCUT2D eigenvalue weighted by molar-refractivity contribution is -0.139. The van der Waals surface area contributed by atoms with Crippen LogP contribution in [0.2, 0.25) is 0 Å². The first-order chi connectivity index (χ1) is 28.8. The van der Waals surface area contributed by atoms with Gasteiger partial charge in [-0.25, -0.2) is 4.98 Å². The number of anilines is 2. The molecule has 2 amide bonds. The monoisotopic (exact) mass is 855 g/mol. The molecule has 1 saturated heterocycles. The van der Waals surface area contributed by atoms with Gasteiger partial charge in [-0.1, -0.05) is 38.0 Å². The molecule has 0 radical (unpaired) electrons. The second-order valence-corrected chi connectivity index (χ2v) is 16.1. The van der Waals surface area contributed by atoms with Gasteiger partial charge < -0.3 is 51.3 Å². The summed E-state index contributed by atoms with van der Waals surface area (Å²) in [7, 11) is 0. The van der Waals surface area contributed by atoms with Gasteiger partial charge in [0.1, 0.15) is 16.8 Å². The maximum atomic E-state index is 12.8. The molecule has 330 valence electrons. The molecule has 0 saturated carbocycles. The molecule has 0 spiro atoms. The van der Waals surface area contributed by atoms with Crippen LogP contribution < -0.4 is 22.1 Å². The predicted molar refractivity (Wildman–Crippen MR) is 230 cm³/mol. The summed E-state index contributed by atoms with van der Waals surface area (Å²) in [6.07, 6.45) is 5.87. The molecule has 0 unspecified atom stereocenters. The number of nitrogens with zero attached hydrogens (tertiary/aromatic N) is 5. The summed E-state index contributed by atoms with van der Waals surface area (Å²) in [5.41, 5.74) is 16.8. The van der Waals surface area contributed by atoms with Gasteiger partial charge in [-0.2, -0.15) is 4.98 Å². The highest BCUT2D eigenvalue weighted by atomic mass is 32.2. The van der Waals surface area contributed by atoms with Crippen LogP contribution in [0.3, 0.4) is 0 Å². The fraction of sp³-hybridized carbons (Fsp3) is 0.585. The van der Waals surface area contributed by atoms with E-state index in [1.165, 1.54) is 16.7 Å². The number of carboxylic acid groups (broad SMARTS) is 2. The van der Waals surface area contributed by atoms with Crippen LogP contribution in [0.1, 0.15) is 68.6 Å². The maximum Gasteiger partial charge on any atom is 0.321 e. The van der Waals surface area contributed by atoms with E-state index in [2.05, 4.69) is 62.1 Å². The van der Waals surface area contributed by atoms with Gasteiger partial charge in [0.25, 0.3) is 0 Å². The number of benzene rings is 1. The van der Waals surface area contributed by atoms with Crippen molar-refractivity contribution in [3.05, 3.63) is 47.2 Å². The van der Waals surface area contributed by atoms with Crippen molar-refractivity contribution in [3.8, 4) is 0 Å². The highest BCUT2D eigenvalue weighted by Gasteiger charge is 2.25. The van der Waals surface area contributed by atoms with Crippen molar-refractivity contribution in [2.75, 3.05) is 82.5 Å². The number of piperazine rings is 1. The third-order valence-electron chi connectivity index (χ3n) is 10.1. The van der Waals surface area contributed by atoms with E-state index in [-0.39, 0.29) is 49.4 Å². The smallest absolute Gasteiger partial charge is 0.321 e. The number of nitrogen functional groups attached to an aromatic ring is 1. The predicted octanol–water partition coefficient (Wildman–Crippen LogP) is 2.49. The number of ketones is 1. The van der Waals surface area contributed by atoms with Gasteiger partial charge in [-0.3, -0.25) is 28.9 Å². The molecule has 3 heterocycles. The standard InChI is InChI=1S/C41H61N9O9S/c1-3-4-5-12-44-38-37-33(46-41(43)47-38)10-13-50(37)26-30-9-8-29(22-28(30)2)25-48-14-16-49(17-15-48)36(53)11-19-59-21-20-58-18-6-7-31(51)24-45-35(52)23-34(40(56)57)60-27-32(42)39(54)55/h8-10,13,22,32,34H,3-7,11-12,14-21,23-27,42H2,1-2H3,(H,45,52)(H,54,55)(H,56,57)(H3,43,44,46,47)/t32-,34+/m0/s1. The van der Waals surface area contributed by atoms with Crippen molar-refractivity contribution in [2.45, 2.75) is 83.2 Å². The van der Waals surface area contributed by atoms with E-state index in [1.807, 2.05) is 17.2 Å². The number of Topliss-reactive ketones (excluding diaryl/α,β-unsaturated/α-hetero) is 1. The molecule has 4 rings (SSSR count).